The smallest absolute Gasteiger partial charge is 0.387 e. The lowest BCUT2D eigenvalue weighted by Gasteiger charge is -2.07. The van der Waals surface area contributed by atoms with Crippen LogP contribution in [-0.4, -0.2) is 26.4 Å². The van der Waals surface area contributed by atoms with Crippen LogP contribution in [-0.2, 0) is 11.3 Å². The summed E-state index contributed by atoms with van der Waals surface area (Å²) in [4.78, 5) is 0. The molecule has 0 amide bonds. The van der Waals surface area contributed by atoms with Gasteiger partial charge in [0.25, 0.3) is 0 Å². The van der Waals surface area contributed by atoms with Crippen molar-refractivity contribution in [1.82, 2.24) is 5.32 Å². The minimum absolute atomic E-state index is 0.188. The van der Waals surface area contributed by atoms with Gasteiger partial charge in [-0.05, 0) is 37.1 Å². The molecule has 1 aromatic rings. The van der Waals surface area contributed by atoms with Crippen molar-refractivity contribution in [2.45, 2.75) is 39.3 Å². The molecule has 0 atom stereocenters. The van der Waals surface area contributed by atoms with Gasteiger partial charge in [-0.15, -0.1) is 0 Å². The molecule has 0 fully saturated rings. The minimum atomic E-state index is -2.77. The third-order valence-corrected chi connectivity index (χ3v) is 2.76. The highest BCUT2D eigenvalue weighted by molar-refractivity contribution is 5.27. The quantitative estimate of drug-likeness (QED) is 0.631. The first-order valence-electron chi connectivity index (χ1n) is 7.04. The Morgan fingerprint density at radius 1 is 1.10 bits per heavy atom. The lowest BCUT2D eigenvalue weighted by atomic mass is 10.2. The second-order valence-electron chi connectivity index (χ2n) is 4.52. The predicted octanol–water partition coefficient (Wildman–Crippen LogP) is 3.58. The summed E-state index contributed by atoms with van der Waals surface area (Å²) in [6, 6.07) is 6.67. The van der Waals surface area contributed by atoms with Crippen LogP contribution in [0.5, 0.6) is 5.75 Å². The van der Waals surface area contributed by atoms with Gasteiger partial charge in [0.2, 0.25) is 0 Å². The maximum Gasteiger partial charge on any atom is 0.387 e. The topological polar surface area (TPSA) is 30.5 Å². The molecule has 5 heteroatoms. The molecule has 20 heavy (non-hydrogen) atoms. The zero-order chi connectivity index (χ0) is 14.6. The number of alkyl halides is 2. The number of halogens is 2. The lowest BCUT2D eigenvalue weighted by Crippen LogP contribution is -2.16. The monoisotopic (exact) mass is 287 g/mol. The summed E-state index contributed by atoms with van der Waals surface area (Å²) in [7, 11) is 0. The molecule has 0 radical (unpaired) electrons. The third-order valence-electron chi connectivity index (χ3n) is 2.76. The first-order chi connectivity index (χ1) is 9.72. The molecule has 3 nitrogen and oxygen atoms in total. The second-order valence-corrected chi connectivity index (χ2v) is 4.52. The summed E-state index contributed by atoms with van der Waals surface area (Å²) in [5.74, 6) is 0.188. The number of benzene rings is 1. The second kappa shape index (κ2) is 10.6. The van der Waals surface area contributed by atoms with Gasteiger partial charge in [-0.2, -0.15) is 8.78 Å². The highest BCUT2D eigenvalue weighted by Crippen LogP contribution is 2.14. The van der Waals surface area contributed by atoms with Gasteiger partial charge >= 0.3 is 6.61 Å². The maximum absolute atomic E-state index is 12.0. The summed E-state index contributed by atoms with van der Waals surface area (Å²) in [5.41, 5.74) is 1.04. The lowest BCUT2D eigenvalue weighted by molar-refractivity contribution is -0.0498. The molecular weight excluding hydrogens is 264 g/mol. The van der Waals surface area contributed by atoms with Crippen LogP contribution < -0.4 is 10.1 Å². The Labute approximate surface area is 119 Å². The van der Waals surface area contributed by atoms with E-state index in [2.05, 4.69) is 17.0 Å². The molecule has 0 aromatic heterocycles. The highest BCUT2D eigenvalue weighted by atomic mass is 19.3. The zero-order valence-electron chi connectivity index (χ0n) is 11.9. The van der Waals surface area contributed by atoms with Crippen LogP contribution in [0.4, 0.5) is 8.78 Å². The van der Waals surface area contributed by atoms with E-state index in [0.717, 1.165) is 44.6 Å². The van der Waals surface area contributed by atoms with Gasteiger partial charge in [-0.1, -0.05) is 25.5 Å². The molecule has 0 saturated carbocycles. The van der Waals surface area contributed by atoms with Crippen LogP contribution in [0.1, 0.15) is 31.7 Å². The van der Waals surface area contributed by atoms with Crippen LogP contribution in [0.3, 0.4) is 0 Å². The number of rotatable bonds is 11. The summed E-state index contributed by atoms with van der Waals surface area (Å²) in [6.45, 7) is 2.57. The van der Waals surface area contributed by atoms with Crippen molar-refractivity contribution in [2.75, 3.05) is 19.8 Å². The summed E-state index contributed by atoms with van der Waals surface area (Å²) >= 11 is 0. The molecule has 114 valence electrons. The molecule has 1 aromatic carbocycles. The number of hydrogen-bond acceptors (Lipinski definition) is 3. The SMILES string of the molecule is CCCCOCCCNCc1ccc(OC(F)F)cc1. The Morgan fingerprint density at radius 2 is 1.80 bits per heavy atom. The van der Waals surface area contributed by atoms with Crippen molar-refractivity contribution in [3.63, 3.8) is 0 Å². The Kier molecular flexibility index (Phi) is 8.91. The molecule has 0 aliphatic carbocycles. The van der Waals surface area contributed by atoms with E-state index < -0.39 is 6.61 Å². The third kappa shape index (κ3) is 8.07. The van der Waals surface area contributed by atoms with Gasteiger partial charge in [0.15, 0.2) is 0 Å². The van der Waals surface area contributed by atoms with Gasteiger partial charge in [0, 0.05) is 19.8 Å². The van der Waals surface area contributed by atoms with Gasteiger partial charge < -0.3 is 14.8 Å². The predicted molar refractivity (Wildman–Crippen MR) is 75.1 cm³/mol. The molecular formula is C15H23F2NO2. The molecule has 0 heterocycles. The summed E-state index contributed by atoms with van der Waals surface area (Å²) in [6.07, 6.45) is 3.24. The van der Waals surface area contributed by atoms with Crippen molar-refractivity contribution in [3.05, 3.63) is 29.8 Å². The Bertz CT molecular complexity index is 344. The highest BCUT2D eigenvalue weighted by Gasteiger charge is 2.03. The van der Waals surface area contributed by atoms with Crippen molar-refractivity contribution < 1.29 is 18.3 Å². The van der Waals surface area contributed by atoms with Crippen LogP contribution >= 0.6 is 0 Å². The van der Waals surface area contributed by atoms with Gasteiger partial charge in [0.05, 0.1) is 0 Å². The normalized spacial score (nSPS) is 11.0. The van der Waals surface area contributed by atoms with Crippen molar-refractivity contribution >= 4 is 0 Å². The average Bonchev–Trinajstić information content (AvgIpc) is 2.43. The van der Waals surface area contributed by atoms with E-state index in [4.69, 9.17) is 4.74 Å². The van der Waals surface area contributed by atoms with Crippen molar-refractivity contribution in [3.8, 4) is 5.75 Å². The van der Waals surface area contributed by atoms with Gasteiger partial charge in [0.1, 0.15) is 5.75 Å². The summed E-state index contributed by atoms with van der Waals surface area (Å²) < 4.78 is 33.7. The number of ether oxygens (including phenoxy) is 2. The Balaban J connectivity index is 2.07. The van der Waals surface area contributed by atoms with E-state index in [1.54, 1.807) is 24.3 Å². The number of nitrogens with one attached hydrogen (secondary N) is 1. The fraction of sp³-hybridized carbons (Fsp3) is 0.600. The zero-order valence-corrected chi connectivity index (χ0v) is 11.9. The van der Waals surface area contributed by atoms with E-state index in [9.17, 15) is 8.78 Å². The minimum Gasteiger partial charge on any atom is -0.435 e. The first-order valence-corrected chi connectivity index (χ1v) is 7.04. The molecule has 0 bridgehead atoms. The van der Waals surface area contributed by atoms with Crippen LogP contribution in [0.2, 0.25) is 0 Å². The molecule has 0 aliphatic rings. The largest absolute Gasteiger partial charge is 0.435 e. The molecule has 0 unspecified atom stereocenters. The van der Waals surface area contributed by atoms with E-state index in [1.807, 2.05) is 0 Å². The summed E-state index contributed by atoms with van der Waals surface area (Å²) in [5, 5.41) is 3.28. The molecule has 0 spiro atoms. The van der Waals surface area contributed by atoms with E-state index in [-0.39, 0.29) is 5.75 Å². The molecule has 1 N–H and O–H groups in total. The number of unbranched alkanes of at least 4 members (excludes halogenated alkanes) is 1. The Morgan fingerprint density at radius 3 is 2.45 bits per heavy atom. The number of hydrogen-bond donors (Lipinski definition) is 1. The fourth-order valence-electron chi connectivity index (χ4n) is 1.67. The van der Waals surface area contributed by atoms with E-state index in [1.165, 1.54) is 0 Å². The molecule has 0 saturated heterocycles. The van der Waals surface area contributed by atoms with Crippen molar-refractivity contribution in [1.29, 1.82) is 0 Å². The van der Waals surface area contributed by atoms with Crippen LogP contribution in [0.15, 0.2) is 24.3 Å². The fourth-order valence-corrected chi connectivity index (χ4v) is 1.67. The Hall–Kier alpha value is -1.20. The molecule has 1 rings (SSSR count). The first kappa shape index (κ1) is 16.9. The average molecular weight is 287 g/mol. The van der Waals surface area contributed by atoms with Crippen LogP contribution in [0.25, 0.3) is 0 Å². The van der Waals surface area contributed by atoms with E-state index >= 15 is 0 Å². The van der Waals surface area contributed by atoms with Crippen molar-refractivity contribution in [2.24, 2.45) is 0 Å². The standard InChI is InChI=1S/C15H23F2NO2/c1-2-3-10-19-11-4-9-18-12-13-5-7-14(8-6-13)20-15(16)17/h5-8,15,18H,2-4,9-12H2,1H3. The maximum atomic E-state index is 12.0. The molecule has 0 aliphatic heterocycles. The van der Waals surface area contributed by atoms with Gasteiger partial charge in [-0.3, -0.25) is 0 Å². The van der Waals surface area contributed by atoms with E-state index in [0.29, 0.717) is 6.54 Å². The van der Waals surface area contributed by atoms with Gasteiger partial charge in [-0.25, -0.2) is 0 Å². The van der Waals surface area contributed by atoms with Crippen LogP contribution in [0, 0.1) is 0 Å².